The van der Waals surface area contributed by atoms with E-state index in [1.807, 2.05) is 36.4 Å². The molecule has 0 fully saturated rings. The van der Waals surface area contributed by atoms with Crippen LogP contribution in [0.2, 0.25) is 0 Å². The third-order valence-corrected chi connectivity index (χ3v) is 5.24. The van der Waals surface area contributed by atoms with E-state index in [9.17, 15) is 9.59 Å². The average molecular weight is 430 g/mol. The molecule has 0 amide bonds. The topological polar surface area (TPSA) is 71.1 Å². The van der Waals surface area contributed by atoms with Gasteiger partial charge in [0.25, 0.3) is 0 Å². The van der Waals surface area contributed by atoms with Gasteiger partial charge in [0.2, 0.25) is 5.75 Å². The lowest BCUT2D eigenvalue weighted by Gasteiger charge is -2.13. The van der Waals surface area contributed by atoms with Crippen molar-refractivity contribution in [3.63, 3.8) is 0 Å². The number of rotatable bonds is 6. The van der Waals surface area contributed by atoms with E-state index in [0.29, 0.717) is 35.0 Å². The number of carbonyl (C=O) groups excluding carboxylic acids is 2. The Balaban J connectivity index is 1.56. The van der Waals surface area contributed by atoms with Crippen LogP contribution in [-0.2, 0) is 6.42 Å². The van der Waals surface area contributed by atoms with Crippen LogP contribution in [0, 0.1) is 0 Å². The lowest BCUT2D eigenvalue weighted by Crippen LogP contribution is -2.09. The van der Waals surface area contributed by atoms with Gasteiger partial charge in [0, 0.05) is 17.6 Å². The van der Waals surface area contributed by atoms with Crippen LogP contribution in [0.4, 0.5) is 0 Å². The highest BCUT2D eigenvalue weighted by Crippen LogP contribution is 2.38. The molecule has 1 aliphatic carbocycles. The molecular weight excluding hydrogens is 408 g/mol. The number of benzene rings is 3. The molecule has 0 heterocycles. The van der Waals surface area contributed by atoms with Crippen molar-refractivity contribution in [1.82, 2.24) is 0 Å². The normalized spacial score (nSPS) is 13.6. The highest BCUT2D eigenvalue weighted by molar-refractivity contribution is 6.15. The fourth-order valence-corrected chi connectivity index (χ4v) is 3.70. The molecule has 0 atom stereocenters. The van der Waals surface area contributed by atoms with Crippen LogP contribution in [0.15, 0.2) is 66.2 Å². The maximum atomic E-state index is 12.8. The summed E-state index contributed by atoms with van der Waals surface area (Å²) >= 11 is 0. The molecule has 0 bridgehead atoms. The number of hydrogen-bond acceptors (Lipinski definition) is 6. The summed E-state index contributed by atoms with van der Waals surface area (Å²) in [6, 6.07) is 17.7. The molecule has 0 spiro atoms. The molecule has 0 aliphatic heterocycles. The summed E-state index contributed by atoms with van der Waals surface area (Å²) in [5, 5.41) is 0. The Morgan fingerprint density at radius 3 is 2.25 bits per heavy atom. The van der Waals surface area contributed by atoms with Gasteiger partial charge in [0.05, 0.1) is 26.9 Å². The van der Waals surface area contributed by atoms with Gasteiger partial charge in [-0.25, -0.2) is 4.79 Å². The van der Waals surface area contributed by atoms with Gasteiger partial charge < -0.3 is 18.9 Å². The summed E-state index contributed by atoms with van der Waals surface area (Å²) in [5.41, 5.74) is 3.50. The van der Waals surface area contributed by atoms with Gasteiger partial charge in [-0.3, -0.25) is 4.79 Å². The Kier molecular flexibility index (Phi) is 5.94. The van der Waals surface area contributed by atoms with Crippen LogP contribution < -0.4 is 18.9 Å². The van der Waals surface area contributed by atoms with E-state index in [0.717, 1.165) is 16.7 Å². The Labute approximate surface area is 186 Å². The van der Waals surface area contributed by atoms with Crippen LogP contribution >= 0.6 is 0 Å². The van der Waals surface area contributed by atoms with Crippen molar-refractivity contribution in [1.29, 1.82) is 0 Å². The summed E-state index contributed by atoms with van der Waals surface area (Å²) in [7, 11) is 4.45. The molecule has 3 aromatic rings. The Bertz CT molecular complexity index is 1200. The second-order valence-corrected chi connectivity index (χ2v) is 7.21. The van der Waals surface area contributed by atoms with Crippen molar-refractivity contribution in [3.8, 4) is 23.0 Å². The highest BCUT2D eigenvalue weighted by Gasteiger charge is 2.24. The number of ketones is 1. The predicted octanol–water partition coefficient (Wildman–Crippen LogP) is 4.75. The van der Waals surface area contributed by atoms with Crippen LogP contribution in [0.5, 0.6) is 23.0 Å². The zero-order valence-corrected chi connectivity index (χ0v) is 18.0. The van der Waals surface area contributed by atoms with Crippen molar-refractivity contribution >= 4 is 17.8 Å². The van der Waals surface area contributed by atoms with Gasteiger partial charge in [0.1, 0.15) is 5.75 Å². The number of methoxy groups -OCH3 is 3. The zero-order chi connectivity index (χ0) is 22.7. The molecule has 0 radical (unpaired) electrons. The number of ether oxygens (including phenoxy) is 4. The Morgan fingerprint density at radius 2 is 1.59 bits per heavy atom. The number of allylic oxidation sites excluding steroid dienone is 1. The molecule has 4 rings (SSSR count). The van der Waals surface area contributed by atoms with Gasteiger partial charge >= 0.3 is 5.97 Å². The van der Waals surface area contributed by atoms with E-state index in [1.54, 1.807) is 18.2 Å². The SMILES string of the molecule is COc1cc(C(=O)Oc2cccc(/C=C3\Cc4ccccc4C3=O)c2)cc(OC)c1OC. The molecule has 6 nitrogen and oxygen atoms in total. The van der Waals surface area contributed by atoms with E-state index in [-0.39, 0.29) is 11.3 Å². The quantitative estimate of drug-likeness (QED) is 0.319. The predicted molar refractivity (Wildman–Crippen MR) is 120 cm³/mol. The molecule has 3 aromatic carbocycles. The second-order valence-electron chi connectivity index (χ2n) is 7.21. The van der Waals surface area contributed by atoms with Gasteiger partial charge in [-0.2, -0.15) is 0 Å². The zero-order valence-electron chi connectivity index (χ0n) is 18.0. The first-order valence-electron chi connectivity index (χ1n) is 9.99. The first-order chi connectivity index (χ1) is 15.5. The van der Waals surface area contributed by atoms with Crippen molar-refractivity contribution in [3.05, 3.63) is 88.5 Å². The standard InChI is InChI=1S/C26H22O6/c1-29-22-14-19(15-23(30-2)25(22)31-3)26(28)32-20-9-6-7-16(12-20)11-18-13-17-8-4-5-10-21(17)24(18)27/h4-12,14-15H,13H2,1-3H3/b18-11+. The van der Waals surface area contributed by atoms with Crippen molar-refractivity contribution in [2.24, 2.45) is 0 Å². The fourth-order valence-electron chi connectivity index (χ4n) is 3.70. The molecular formula is C26H22O6. The van der Waals surface area contributed by atoms with E-state index >= 15 is 0 Å². The van der Waals surface area contributed by atoms with Crippen LogP contribution in [0.1, 0.15) is 31.8 Å². The summed E-state index contributed by atoms with van der Waals surface area (Å²) in [5.74, 6) is 0.926. The van der Waals surface area contributed by atoms with E-state index in [4.69, 9.17) is 18.9 Å². The molecule has 0 N–H and O–H groups in total. The van der Waals surface area contributed by atoms with E-state index < -0.39 is 5.97 Å². The molecule has 0 saturated heterocycles. The number of hydrogen-bond donors (Lipinski definition) is 0. The fraction of sp³-hybridized carbons (Fsp3) is 0.154. The maximum absolute atomic E-state index is 12.8. The summed E-state index contributed by atoms with van der Waals surface area (Å²) in [6.07, 6.45) is 2.42. The number of fused-ring (bicyclic) bond motifs is 1. The Morgan fingerprint density at radius 1 is 0.875 bits per heavy atom. The molecule has 6 heteroatoms. The number of Topliss-reactive ketones (excluding diaryl/α,β-unsaturated/α-hetero) is 1. The van der Waals surface area contributed by atoms with Gasteiger partial charge in [-0.1, -0.05) is 36.4 Å². The lowest BCUT2D eigenvalue weighted by atomic mass is 10.1. The first-order valence-corrected chi connectivity index (χ1v) is 9.99. The Hall–Kier alpha value is -4.06. The van der Waals surface area contributed by atoms with Gasteiger partial charge in [-0.15, -0.1) is 0 Å². The highest BCUT2D eigenvalue weighted by atomic mass is 16.5. The minimum Gasteiger partial charge on any atom is -0.493 e. The number of carbonyl (C=O) groups is 2. The minimum absolute atomic E-state index is 0.0282. The molecule has 32 heavy (non-hydrogen) atoms. The monoisotopic (exact) mass is 430 g/mol. The molecule has 162 valence electrons. The van der Waals surface area contributed by atoms with Crippen molar-refractivity contribution < 1.29 is 28.5 Å². The van der Waals surface area contributed by atoms with Gasteiger partial charge in [-0.05, 0) is 41.5 Å². The maximum Gasteiger partial charge on any atom is 0.343 e. The smallest absolute Gasteiger partial charge is 0.343 e. The molecule has 0 unspecified atom stereocenters. The van der Waals surface area contributed by atoms with Crippen LogP contribution in [-0.4, -0.2) is 33.1 Å². The van der Waals surface area contributed by atoms with Crippen molar-refractivity contribution in [2.45, 2.75) is 6.42 Å². The number of esters is 1. The van der Waals surface area contributed by atoms with E-state index in [2.05, 4.69) is 0 Å². The lowest BCUT2D eigenvalue weighted by molar-refractivity contribution is 0.0733. The van der Waals surface area contributed by atoms with Crippen LogP contribution in [0.3, 0.4) is 0 Å². The minimum atomic E-state index is -0.571. The molecule has 0 aromatic heterocycles. The third-order valence-electron chi connectivity index (χ3n) is 5.24. The second kappa shape index (κ2) is 8.98. The largest absolute Gasteiger partial charge is 0.493 e. The molecule has 1 aliphatic rings. The molecule has 0 saturated carbocycles. The van der Waals surface area contributed by atoms with E-state index in [1.165, 1.54) is 33.5 Å². The average Bonchev–Trinajstić information content (AvgIpc) is 3.13. The summed E-state index contributed by atoms with van der Waals surface area (Å²) < 4.78 is 21.4. The van der Waals surface area contributed by atoms with Crippen molar-refractivity contribution in [2.75, 3.05) is 21.3 Å². The first kappa shape index (κ1) is 21.2. The van der Waals surface area contributed by atoms with Crippen LogP contribution in [0.25, 0.3) is 6.08 Å². The van der Waals surface area contributed by atoms with Gasteiger partial charge in [0.15, 0.2) is 17.3 Å². The summed E-state index contributed by atoms with van der Waals surface area (Å²) in [4.78, 5) is 25.4. The summed E-state index contributed by atoms with van der Waals surface area (Å²) in [6.45, 7) is 0. The third kappa shape index (κ3) is 4.07.